The van der Waals surface area contributed by atoms with Gasteiger partial charge in [-0.15, -0.1) is 0 Å². The first-order valence-electron chi connectivity index (χ1n) is 6.82. The van der Waals surface area contributed by atoms with Gasteiger partial charge < -0.3 is 4.74 Å². The molecule has 0 radical (unpaired) electrons. The smallest absolute Gasteiger partial charge is 0.279 e. The summed E-state index contributed by atoms with van der Waals surface area (Å²) >= 11 is 0. The number of rotatable bonds is 4. The topological polar surface area (TPSA) is 71.5 Å². The third-order valence-electron chi connectivity index (χ3n) is 3.49. The molecule has 21 heavy (non-hydrogen) atoms. The molecule has 1 fully saturated rings. The molecule has 0 amide bonds. The Labute approximate surface area is 123 Å². The SMILES string of the molecule is O=S(=O)(NCc1nccc2ccccc12)N1CCOCC1. The van der Waals surface area contributed by atoms with Crippen LogP contribution in [0.4, 0.5) is 0 Å². The first-order valence-corrected chi connectivity index (χ1v) is 8.26. The normalized spacial score (nSPS) is 17.1. The molecule has 1 aliphatic heterocycles. The largest absolute Gasteiger partial charge is 0.379 e. The van der Waals surface area contributed by atoms with Crippen LogP contribution in [0.25, 0.3) is 10.8 Å². The van der Waals surface area contributed by atoms with Gasteiger partial charge in [0.2, 0.25) is 0 Å². The fraction of sp³-hybridized carbons (Fsp3) is 0.357. The number of pyridine rings is 1. The summed E-state index contributed by atoms with van der Waals surface area (Å²) in [5.74, 6) is 0. The van der Waals surface area contributed by atoms with Crippen LogP contribution in [0.3, 0.4) is 0 Å². The van der Waals surface area contributed by atoms with Gasteiger partial charge in [0.15, 0.2) is 0 Å². The third kappa shape index (κ3) is 3.21. The number of aromatic nitrogens is 1. The van der Waals surface area contributed by atoms with E-state index >= 15 is 0 Å². The third-order valence-corrected chi connectivity index (χ3v) is 5.04. The molecular formula is C14H17N3O3S. The number of hydrogen-bond donors (Lipinski definition) is 1. The molecule has 0 spiro atoms. The number of nitrogens with one attached hydrogen (secondary N) is 1. The van der Waals surface area contributed by atoms with Crippen molar-refractivity contribution in [2.75, 3.05) is 26.3 Å². The maximum atomic E-state index is 12.2. The number of hydrogen-bond acceptors (Lipinski definition) is 4. The van der Waals surface area contributed by atoms with Crippen LogP contribution >= 0.6 is 0 Å². The molecule has 7 heteroatoms. The first kappa shape index (κ1) is 14.4. The maximum absolute atomic E-state index is 12.2. The van der Waals surface area contributed by atoms with E-state index in [2.05, 4.69) is 9.71 Å². The van der Waals surface area contributed by atoms with Gasteiger partial charge in [0.1, 0.15) is 0 Å². The first-order chi connectivity index (χ1) is 10.2. The average Bonchev–Trinajstić information content (AvgIpc) is 2.54. The van der Waals surface area contributed by atoms with E-state index in [4.69, 9.17) is 4.74 Å². The minimum Gasteiger partial charge on any atom is -0.379 e. The van der Waals surface area contributed by atoms with E-state index in [0.29, 0.717) is 26.3 Å². The van der Waals surface area contributed by atoms with Crippen LogP contribution in [0, 0.1) is 0 Å². The summed E-state index contributed by atoms with van der Waals surface area (Å²) in [6.07, 6.45) is 1.70. The Morgan fingerprint density at radius 3 is 2.76 bits per heavy atom. The minimum absolute atomic E-state index is 0.182. The second-order valence-corrected chi connectivity index (χ2v) is 6.57. The number of ether oxygens (including phenoxy) is 1. The van der Waals surface area contributed by atoms with E-state index in [1.54, 1.807) is 6.20 Å². The van der Waals surface area contributed by atoms with Crippen LogP contribution in [0.1, 0.15) is 5.69 Å². The molecule has 2 heterocycles. The van der Waals surface area contributed by atoms with E-state index in [-0.39, 0.29) is 6.54 Å². The molecule has 2 aromatic rings. The molecule has 3 rings (SSSR count). The second kappa shape index (κ2) is 6.07. The Morgan fingerprint density at radius 1 is 1.19 bits per heavy atom. The Bertz CT molecular complexity index is 722. The summed E-state index contributed by atoms with van der Waals surface area (Å²) in [4.78, 5) is 4.28. The van der Waals surface area contributed by atoms with Crippen LogP contribution in [0.5, 0.6) is 0 Å². The summed E-state index contributed by atoms with van der Waals surface area (Å²) in [5, 5.41) is 2.01. The van der Waals surface area contributed by atoms with Crippen LogP contribution < -0.4 is 4.72 Å². The van der Waals surface area contributed by atoms with Crippen molar-refractivity contribution in [2.45, 2.75) is 6.54 Å². The van der Waals surface area contributed by atoms with E-state index < -0.39 is 10.2 Å². The highest BCUT2D eigenvalue weighted by molar-refractivity contribution is 7.87. The van der Waals surface area contributed by atoms with Gasteiger partial charge in [-0.3, -0.25) is 4.98 Å². The van der Waals surface area contributed by atoms with Gasteiger partial charge in [0.05, 0.1) is 25.5 Å². The van der Waals surface area contributed by atoms with Gasteiger partial charge in [-0.1, -0.05) is 24.3 Å². The summed E-state index contributed by atoms with van der Waals surface area (Å²) < 4.78 is 33.6. The van der Waals surface area contributed by atoms with Gasteiger partial charge in [0, 0.05) is 24.7 Å². The summed E-state index contributed by atoms with van der Waals surface area (Å²) in [6.45, 7) is 1.83. The van der Waals surface area contributed by atoms with Crippen molar-refractivity contribution in [1.82, 2.24) is 14.0 Å². The highest BCUT2D eigenvalue weighted by atomic mass is 32.2. The monoisotopic (exact) mass is 307 g/mol. The summed E-state index contributed by atoms with van der Waals surface area (Å²) in [6, 6.07) is 9.71. The molecule has 1 aromatic carbocycles. The Balaban J connectivity index is 1.77. The zero-order valence-electron chi connectivity index (χ0n) is 11.5. The van der Waals surface area contributed by atoms with Gasteiger partial charge >= 0.3 is 0 Å². The van der Waals surface area contributed by atoms with E-state index in [9.17, 15) is 8.42 Å². The molecule has 6 nitrogen and oxygen atoms in total. The van der Waals surface area contributed by atoms with Gasteiger partial charge in [0.25, 0.3) is 10.2 Å². The number of nitrogens with zero attached hydrogens (tertiary/aromatic N) is 2. The molecule has 0 saturated carbocycles. The molecule has 1 aliphatic rings. The molecular weight excluding hydrogens is 290 g/mol. The molecule has 1 N–H and O–H groups in total. The van der Waals surface area contributed by atoms with E-state index in [1.165, 1.54) is 4.31 Å². The standard InChI is InChI=1S/C14H17N3O3S/c18-21(19,17-7-9-20-10-8-17)16-11-14-13-4-2-1-3-12(13)5-6-15-14/h1-6,16H,7-11H2. The predicted octanol–water partition coefficient (Wildman–Crippen LogP) is 0.901. The van der Waals surface area contributed by atoms with Crippen molar-refractivity contribution >= 4 is 21.0 Å². The summed E-state index contributed by atoms with van der Waals surface area (Å²) in [5.41, 5.74) is 0.727. The average molecular weight is 307 g/mol. The lowest BCUT2D eigenvalue weighted by Crippen LogP contribution is -2.46. The quantitative estimate of drug-likeness (QED) is 0.911. The number of morpholine rings is 1. The fourth-order valence-corrected chi connectivity index (χ4v) is 3.49. The van der Waals surface area contributed by atoms with E-state index in [0.717, 1.165) is 16.5 Å². The zero-order chi connectivity index (χ0) is 14.7. The zero-order valence-corrected chi connectivity index (χ0v) is 12.3. The Hall–Kier alpha value is -1.54. The molecule has 0 bridgehead atoms. The van der Waals surface area contributed by atoms with Crippen LogP contribution in [0.2, 0.25) is 0 Å². The molecule has 0 unspecified atom stereocenters. The lowest BCUT2D eigenvalue weighted by atomic mass is 10.1. The molecule has 1 aromatic heterocycles. The molecule has 1 saturated heterocycles. The highest BCUT2D eigenvalue weighted by Crippen LogP contribution is 2.16. The predicted molar refractivity (Wildman–Crippen MR) is 79.9 cm³/mol. The highest BCUT2D eigenvalue weighted by Gasteiger charge is 2.23. The minimum atomic E-state index is -3.49. The van der Waals surface area contributed by atoms with Gasteiger partial charge in [-0.05, 0) is 11.5 Å². The molecule has 0 aliphatic carbocycles. The number of fused-ring (bicyclic) bond motifs is 1. The van der Waals surface area contributed by atoms with Crippen LogP contribution in [0.15, 0.2) is 36.5 Å². The van der Waals surface area contributed by atoms with Crippen LogP contribution in [-0.2, 0) is 21.5 Å². The van der Waals surface area contributed by atoms with Crippen molar-refractivity contribution < 1.29 is 13.2 Å². The van der Waals surface area contributed by atoms with Crippen molar-refractivity contribution in [3.63, 3.8) is 0 Å². The lowest BCUT2D eigenvalue weighted by molar-refractivity contribution is 0.0724. The van der Waals surface area contributed by atoms with E-state index in [1.807, 2.05) is 30.3 Å². The lowest BCUT2D eigenvalue weighted by Gasteiger charge is -2.26. The fourth-order valence-electron chi connectivity index (χ4n) is 2.36. The second-order valence-electron chi connectivity index (χ2n) is 4.82. The number of benzene rings is 1. The van der Waals surface area contributed by atoms with Gasteiger partial charge in [-0.2, -0.15) is 17.4 Å². The molecule has 112 valence electrons. The Morgan fingerprint density at radius 2 is 1.95 bits per heavy atom. The van der Waals surface area contributed by atoms with Crippen LogP contribution in [-0.4, -0.2) is 44.0 Å². The summed E-state index contributed by atoms with van der Waals surface area (Å²) in [7, 11) is -3.49. The molecule has 0 atom stereocenters. The Kier molecular flexibility index (Phi) is 4.16. The van der Waals surface area contributed by atoms with Crippen molar-refractivity contribution in [3.8, 4) is 0 Å². The maximum Gasteiger partial charge on any atom is 0.279 e. The van der Waals surface area contributed by atoms with Crippen molar-refractivity contribution in [3.05, 3.63) is 42.2 Å². The van der Waals surface area contributed by atoms with Crippen molar-refractivity contribution in [1.29, 1.82) is 0 Å². The van der Waals surface area contributed by atoms with Crippen molar-refractivity contribution in [2.24, 2.45) is 0 Å². The van der Waals surface area contributed by atoms with Gasteiger partial charge in [-0.25, -0.2) is 0 Å².